The van der Waals surface area contributed by atoms with Crippen LogP contribution < -0.4 is 19.6 Å². The molecule has 37 heavy (non-hydrogen) atoms. The van der Waals surface area contributed by atoms with Crippen LogP contribution in [0.2, 0.25) is 5.02 Å². The van der Waals surface area contributed by atoms with Gasteiger partial charge in [-0.25, -0.2) is 23.4 Å². The van der Waals surface area contributed by atoms with Gasteiger partial charge in [0.15, 0.2) is 0 Å². The molecule has 9 nitrogen and oxygen atoms in total. The van der Waals surface area contributed by atoms with E-state index in [-0.39, 0.29) is 9.77 Å². The number of benzene rings is 3. The SMILES string of the molecule is COc1ccc2c(Cl)c(C(=O)Oc3ccc(C=NNC(=O)CNS(=O)(=O)c4ccccc4)cc3)sc2c1. The Morgan fingerprint density at radius 1 is 1.03 bits per heavy atom. The summed E-state index contributed by atoms with van der Waals surface area (Å²) in [6.45, 7) is -0.476. The van der Waals surface area contributed by atoms with E-state index in [1.165, 1.54) is 29.7 Å². The highest BCUT2D eigenvalue weighted by Gasteiger charge is 2.19. The molecule has 3 aromatic carbocycles. The standard InChI is InChI=1S/C25H20ClN3O6S2/c1-34-18-11-12-20-21(13-18)36-24(23(20)26)25(31)35-17-9-7-16(8-10-17)14-27-29-22(30)15-28-37(32,33)19-5-3-2-4-6-19/h2-14,28H,15H2,1H3,(H,29,30). The van der Waals surface area contributed by atoms with Crippen molar-refractivity contribution in [1.82, 2.24) is 10.1 Å². The second kappa shape index (κ2) is 11.5. The highest BCUT2D eigenvalue weighted by Crippen LogP contribution is 2.37. The van der Waals surface area contributed by atoms with E-state index in [0.29, 0.717) is 22.1 Å². The zero-order valence-corrected chi connectivity index (χ0v) is 21.7. The van der Waals surface area contributed by atoms with E-state index in [0.717, 1.165) is 10.1 Å². The number of halogens is 1. The normalized spacial score (nSPS) is 11.5. The van der Waals surface area contributed by atoms with Crippen molar-refractivity contribution >= 4 is 61.1 Å². The minimum Gasteiger partial charge on any atom is -0.497 e. The van der Waals surface area contributed by atoms with E-state index >= 15 is 0 Å². The highest BCUT2D eigenvalue weighted by atomic mass is 35.5. The van der Waals surface area contributed by atoms with Gasteiger partial charge in [0.25, 0.3) is 5.91 Å². The van der Waals surface area contributed by atoms with Crippen molar-refractivity contribution < 1.29 is 27.5 Å². The van der Waals surface area contributed by atoms with Gasteiger partial charge in [-0.1, -0.05) is 29.8 Å². The van der Waals surface area contributed by atoms with E-state index in [1.54, 1.807) is 67.8 Å². The lowest BCUT2D eigenvalue weighted by Gasteiger charge is -2.05. The first-order valence-electron chi connectivity index (χ1n) is 10.7. The number of methoxy groups -OCH3 is 1. The average Bonchev–Trinajstić information content (AvgIpc) is 3.24. The number of rotatable bonds is 9. The molecule has 0 saturated heterocycles. The molecule has 2 N–H and O–H groups in total. The summed E-state index contributed by atoms with van der Waals surface area (Å²) < 4.78 is 37.9. The van der Waals surface area contributed by atoms with Gasteiger partial charge in [-0.2, -0.15) is 5.10 Å². The molecule has 190 valence electrons. The van der Waals surface area contributed by atoms with Crippen molar-refractivity contribution in [2.24, 2.45) is 5.10 Å². The van der Waals surface area contributed by atoms with Crippen molar-refractivity contribution in [3.05, 3.63) is 88.3 Å². The van der Waals surface area contributed by atoms with Gasteiger partial charge in [0.2, 0.25) is 10.0 Å². The lowest BCUT2D eigenvalue weighted by Crippen LogP contribution is -2.34. The summed E-state index contributed by atoms with van der Waals surface area (Å²) in [5.74, 6) is -0.268. The fourth-order valence-electron chi connectivity index (χ4n) is 3.14. The molecule has 0 atom stereocenters. The third-order valence-electron chi connectivity index (χ3n) is 4.99. The van der Waals surface area contributed by atoms with Crippen molar-refractivity contribution in [3.8, 4) is 11.5 Å². The largest absolute Gasteiger partial charge is 0.497 e. The predicted octanol–water partition coefficient (Wildman–Crippen LogP) is 4.21. The summed E-state index contributed by atoms with van der Waals surface area (Å²) in [7, 11) is -2.24. The van der Waals surface area contributed by atoms with Crippen LogP contribution in [0.15, 0.2) is 82.8 Å². The number of amides is 1. The first kappa shape index (κ1) is 26.3. The molecule has 4 aromatic rings. The van der Waals surface area contributed by atoms with Gasteiger partial charge in [-0.15, -0.1) is 11.3 Å². The van der Waals surface area contributed by atoms with Gasteiger partial charge < -0.3 is 9.47 Å². The molecule has 1 aromatic heterocycles. The number of sulfonamides is 1. The van der Waals surface area contributed by atoms with Crippen molar-refractivity contribution in [1.29, 1.82) is 0 Å². The third-order valence-corrected chi connectivity index (χ3v) is 8.05. The van der Waals surface area contributed by atoms with Crippen LogP contribution in [0, 0.1) is 0 Å². The van der Waals surface area contributed by atoms with E-state index in [9.17, 15) is 18.0 Å². The maximum absolute atomic E-state index is 12.7. The summed E-state index contributed by atoms with van der Waals surface area (Å²) in [6.07, 6.45) is 1.37. The highest BCUT2D eigenvalue weighted by molar-refractivity contribution is 7.89. The van der Waals surface area contributed by atoms with Crippen LogP contribution in [0.25, 0.3) is 10.1 Å². The Labute approximate surface area is 221 Å². The summed E-state index contributed by atoms with van der Waals surface area (Å²) in [5, 5.41) is 4.86. The maximum atomic E-state index is 12.7. The first-order valence-corrected chi connectivity index (χ1v) is 13.4. The Morgan fingerprint density at radius 2 is 1.73 bits per heavy atom. The zero-order valence-electron chi connectivity index (χ0n) is 19.3. The Morgan fingerprint density at radius 3 is 2.43 bits per heavy atom. The van der Waals surface area contributed by atoms with Crippen molar-refractivity contribution in [2.45, 2.75) is 4.90 Å². The maximum Gasteiger partial charge on any atom is 0.355 e. The molecule has 0 spiro atoms. The molecule has 1 heterocycles. The first-order chi connectivity index (χ1) is 17.8. The topological polar surface area (TPSA) is 123 Å². The Bertz CT molecular complexity index is 1570. The van der Waals surface area contributed by atoms with Crippen LogP contribution in [0.3, 0.4) is 0 Å². The fourth-order valence-corrected chi connectivity index (χ4v) is 5.56. The predicted molar refractivity (Wildman–Crippen MR) is 142 cm³/mol. The van der Waals surface area contributed by atoms with Crippen LogP contribution in [-0.4, -0.2) is 40.2 Å². The van der Waals surface area contributed by atoms with Gasteiger partial charge in [0.05, 0.1) is 29.8 Å². The zero-order chi connectivity index (χ0) is 26.4. The number of hydrazone groups is 1. The van der Waals surface area contributed by atoms with Crippen molar-refractivity contribution in [2.75, 3.05) is 13.7 Å². The monoisotopic (exact) mass is 557 g/mol. The van der Waals surface area contributed by atoms with Gasteiger partial charge in [0, 0.05) is 10.1 Å². The Kier molecular flexibility index (Phi) is 8.19. The van der Waals surface area contributed by atoms with Gasteiger partial charge in [-0.3, -0.25) is 4.79 Å². The van der Waals surface area contributed by atoms with E-state index in [4.69, 9.17) is 21.1 Å². The quantitative estimate of drug-likeness (QED) is 0.137. The summed E-state index contributed by atoms with van der Waals surface area (Å²) in [6, 6.07) is 19.5. The molecule has 0 aliphatic rings. The number of carbonyl (C=O) groups is 2. The molecule has 0 saturated carbocycles. The summed E-state index contributed by atoms with van der Waals surface area (Å²) in [4.78, 5) is 24.9. The molecule has 0 radical (unpaired) electrons. The number of ether oxygens (including phenoxy) is 2. The molecule has 12 heteroatoms. The molecular weight excluding hydrogens is 538 g/mol. The number of nitrogens with zero attached hydrogens (tertiary/aromatic N) is 1. The lowest BCUT2D eigenvalue weighted by atomic mass is 10.2. The number of esters is 1. The summed E-state index contributed by atoms with van der Waals surface area (Å²) in [5.41, 5.74) is 2.85. The van der Waals surface area contributed by atoms with Crippen LogP contribution >= 0.6 is 22.9 Å². The molecule has 0 bridgehead atoms. The number of nitrogens with one attached hydrogen (secondary N) is 2. The minimum absolute atomic E-state index is 0.0574. The lowest BCUT2D eigenvalue weighted by molar-refractivity contribution is -0.119. The number of fused-ring (bicyclic) bond motifs is 1. The van der Waals surface area contributed by atoms with Crippen LogP contribution in [0.5, 0.6) is 11.5 Å². The second-order valence-electron chi connectivity index (χ2n) is 7.50. The van der Waals surface area contributed by atoms with Gasteiger partial charge in [0.1, 0.15) is 16.4 Å². The second-order valence-corrected chi connectivity index (χ2v) is 10.7. The number of hydrogen-bond donors (Lipinski definition) is 2. The van der Waals surface area contributed by atoms with Gasteiger partial charge in [-0.05, 0) is 60.2 Å². The molecule has 1 amide bonds. The summed E-state index contributed by atoms with van der Waals surface area (Å²) >= 11 is 7.59. The van der Waals surface area contributed by atoms with E-state index < -0.39 is 28.4 Å². The molecule has 4 rings (SSSR count). The molecule has 0 unspecified atom stereocenters. The van der Waals surface area contributed by atoms with Gasteiger partial charge >= 0.3 is 5.97 Å². The van der Waals surface area contributed by atoms with Crippen LogP contribution in [-0.2, 0) is 14.8 Å². The average molecular weight is 558 g/mol. The molecule has 0 aliphatic carbocycles. The minimum atomic E-state index is -3.80. The Hall–Kier alpha value is -3.77. The fraction of sp³-hybridized carbons (Fsp3) is 0.0800. The smallest absolute Gasteiger partial charge is 0.355 e. The van der Waals surface area contributed by atoms with E-state index in [1.807, 2.05) is 0 Å². The van der Waals surface area contributed by atoms with Crippen LogP contribution in [0.1, 0.15) is 15.2 Å². The third kappa shape index (κ3) is 6.52. The molecule has 0 fully saturated rings. The van der Waals surface area contributed by atoms with Crippen molar-refractivity contribution in [3.63, 3.8) is 0 Å². The van der Waals surface area contributed by atoms with E-state index in [2.05, 4.69) is 15.2 Å². The number of thiophene rings is 1. The molecular formula is C25H20ClN3O6S2. The number of hydrogen-bond acceptors (Lipinski definition) is 8. The van der Waals surface area contributed by atoms with Crippen LogP contribution in [0.4, 0.5) is 0 Å². The Balaban J connectivity index is 1.31. The number of carbonyl (C=O) groups excluding carboxylic acids is 2. The molecule has 0 aliphatic heterocycles.